The monoisotopic (exact) mass is 565 g/mol. The van der Waals surface area contributed by atoms with Crippen molar-refractivity contribution in [1.82, 2.24) is 10.2 Å². The van der Waals surface area contributed by atoms with E-state index in [2.05, 4.69) is 5.32 Å². The van der Waals surface area contributed by atoms with Gasteiger partial charge in [-0.05, 0) is 62.6 Å². The number of ether oxygens (including phenoxy) is 1. The Morgan fingerprint density at radius 3 is 1.93 bits per heavy atom. The molecular formula is C31H39N3O5S. The Labute approximate surface area is 238 Å². The van der Waals surface area contributed by atoms with Crippen molar-refractivity contribution < 1.29 is 22.7 Å². The first-order valence-corrected chi connectivity index (χ1v) is 15.1. The number of anilines is 1. The van der Waals surface area contributed by atoms with Crippen LogP contribution in [0.2, 0.25) is 0 Å². The molecule has 0 aliphatic carbocycles. The molecule has 0 aliphatic rings. The zero-order chi connectivity index (χ0) is 29.3. The SMILES string of the molecule is CC[C@@H](C(=O)NC(C)(C)C)N(Cc1ccccc1)C(=O)CN(c1ccc(OCc2ccccc2)cc1)S(C)(=O)=O. The van der Waals surface area contributed by atoms with Gasteiger partial charge in [0.1, 0.15) is 24.9 Å². The van der Waals surface area contributed by atoms with Crippen LogP contribution in [0.25, 0.3) is 0 Å². The van der Waals surface area contributed by atoms with Crippen molar-refractivity contribution in [3.8, 4) is 5.75 Å². The van der Waals surface area contributed by atoms with Crippen LogP contribution >= 0.6 is 0 Å². The van der Waals surface area contributed by atoms with E-state index in [1.54, 1.807) is 24.3 Å². The van der Waals surface area contributed by atoms with Crippen molar-refractivity contribution in [2.45, 2.75) is 58.8 Å². The molecule has 0 aliphatic heterocycles. The first kappa shape index (κ1) is 30.7. The molecule has 0 heterocycles. The maximum absolute atomic E-state index is 13.8. The summed E-state index contributed by atoms with van der Waals surface area (Å²) in [4.78, 5) is 28.5. The molecule has 0 saturated carbocycles. The molecule has 2 amide bonds. The van der Waals surface area contributed by atoms with Crippen molar-refractivity contribution in [1.29, 1.82) is 0 Å². The minimum Gasteiger partial charge on any atom is -0.489 e. The van der Waals surface area contributed by atoms with Gasteiger partial charge in [0.25, 0.3) is 0 Å². The smallest absolute Gasteiger partial charge is 0.244 e. The molecule has 0 bridgehead atoms. The predicted octanol–water partition coefficient (Wildman–Crippen LogP) is 4.75. The van der Waals surface area contributed by atoms with Crippen LogP contribution in [-0.4, -0.2) is 49.5 Å². The van der Waals surface area contributed by atoms with Gasteiger partial charge in [0.05, 0.1) is 11.9 Å². The molecule has 1 N–H and O–H groups in total. The zero-order valence-electron chi connectivity index (χ0n) is 23.8. The predicted molar refractivity (Wildman–Crippen MR) is 158 cm³/mol. The average molecular weight is 566 g/mol. The topological polar surface area (TPSA) is 96.0 Å². The molecule has 3 aromatic rings. The van der Waals surface area contributed by atoms with E-state index in [1.165, 1.54) is 4.90 Å². The Morgan fingerprint density at radius 2 is 1.43 bits per heavy atom. The lowest BCUT2D eigenvalue weighted by atomic mass is 10.1. The second-order valence-corrected chi connectivity index (χ2v) is 12.6. The highest BCUT2D eigenvalue weighted by molar-refractivity contribution is 7.92. The van der Waals surface area contributed by atoms with E-state index in [1.807, 2.05) is 88.4 Å². The van der Waals surface area contributed by atoms with E-state index >= 15 is 0 Å². The lowest BCUT2D eigenvalue weighted by Crippen LogP contribution is -2.55. The van der Waals surface area contributed by atoms with Crippen LogP contribution in [0.3, 0.4) is 0 Å². The van der Waals surface area contributed by atoms with Crippen LogP contribution in [0.4, 0.5) is 5.69 Å². The molecule has 0 aromatic heterocycles. The van der Waals surface area contributed by atoms with E-state index in [4.69, 9.17) is 4.74 Å². The fourth-order valence-electron chi connectivity index (χ4n) is 4.22. The lowest BCUT2D eigenvalue weighted by molar-refractivity contribution is -0.141. The van der Waals surface area contributed by atoms with Gasteiger partial charge < -0.3 is 15.0 Å². The van der Waals surface area contributed by atoms with Gasteiger partial charge in [-0.3, -0.25) is 13.9 Å². The summed E-state index contributed by atoms with van der Waals surface area (Å²) in [7, 11) is -3.82. The summed E-state index contributed by atoms with van der Waals surface area (Å²) in [6.07, 6.45) is 1.43. The molecule has 9 heteroatoms. The number of benzene rings is 3. The quantitative estimate of drug-likeness (QED) is 0.342. The van der Waals surface area contributed by atoms with E-state index in [9.17, 15) is 18.0 Å². The Balaban J connectivity index is 1.85. The van der Waals surface area contributed by atoms with Gasteiger partial charge >= 0.3 is 0 Å². The van der Waals surface area contributed by atoms with Crippen molar-refractivity contribution in [2.24, 2.45) is 0 Å². The minimum absolute atomic E-state index is 0.166. The third-order valence-corrected chi connectivity index (χ3v) is 7.27. The molecule has 0 fully saturated rings. The van der Waals surface area contributed by atoms with Crippen molar-refractivity contribution >= 4 is 27.5 Å². The van der Waals surface area contributed by atoms with E-state index in [0.717, 1.165) is 21.7 Å². The Morgan fingerprint density at radius 1 is 0.875 bits per heavy atom. The van der Waals surface area contributed by atoms with Crippen molar-refractivity contribution in [2.75, 3.05) is 17.1 Å². The third-order valence-electron chi connectivity index (χ3n) is 6.13. The highest BCUT2D eigenvalue weighted by Crippen LogP contribution is 2.23. The Hall–Kier alpha value is -3.85. The Bertz CT molecular complexity index is 1360. The Kier molecular flexibility index (Phi) is 10.3. The van der Waals surface area contributed by atoms with E-state index < -0.39 is 34.1 Å². The van der Waals surface area contributed by atoms with Crippen molar-refractivity contribution in [3.63, 3.8) is 0 Å². The molecule has 0 saturated heterocycles. The van der Waals surface area contributed by atoms with E-state index in [0.29, 0.717) is 24.5 Å². The summed E-state index contributed by atoms with van der Waals surface area (Å²) >= 11 is 0. The number of hydrogen-bond acceptors (Lipinski definition) is 5. The molecule has 214 valence electrons. The molecule has 40 heavy (non-hydrogen) atoms. The van der Waals surface area contributed by atoms with E-state index in [-0.39, 0.29) is 12.5 Å². The van der Waals surface area contributed by atoms with Crippen LogP contribution in [0, 0.1) is 0 Å². The minimum atomic E-state index is -3.82. The van der Waals surface area contributed by atoms with Crippen LogP contribution in [0.15, 0.2) is 84.9 Å². The fourth-order valence-corrected chi connectivity index (χ4v) is 5.07. The molecule has 0 spiro atoms. The number of amides is 2. The number of nitrogens with zero attached hydrogens (tertiary/aromatic N) is 2. The standard InChI is InChI=1S/C31H39N3O5S/c1-6-28(30(36)32-31(2,3)4)33(21-24-13-9-7-10-14-24)29(35)22-34(40(5,37)38)26-17-19-27(20-18-26)39-23-25-15-11-8-12-16-25/h7-20,28H,6,21-23H2,1-5H3,(H,32,36)/t28-/m0/s1. The van der Waals surface area contributed by atoms with Crippen LogP contribution in [0.1, 0.15) is 45.2 Å². The number of carbonyl (C=O) groups is 2. The number of rotatable bonds is 12. The first-order chi connectivity index (χ1) is 18.9. The third kappa shape index (κ3) is 9.12. The number of hydrogen-bond donors (Lipinski definition) is 1. The molecule has 8 nitrogen and oxygen atoms in total. The molecule has 0 unspecified atom stereocenters. The fraction of sp³-hybridized carbons (Fsp3) is 0.355. The number of carbonyl (C=O) groups excluding carboxylic acids is 2. The number of nitrogens with one attached hydrogen (secondary N) is 1. The summed E-state index contributed by atoms with van der Waals surface area (Å²) in [5, 5.41) is 2.96. The highest BCUT2D eigenvalue weighted by Gasteiger charge is 2.33. The summed E-state index contributed by atoms with van der Waals surface area (Å²) in [6.45, 7) is 7.55. The lowest BCUT2D eigenvalue weighted by Gasteiger charge is -2.34. The summed E-state index contributed by atoms with van der Waals surface area (Å²) in [6, 6.07) is 24.8. The zero-order valence-corrected chi connectivity index (χ0v) is 24.6. The van der Waals surface area contributed by atoms with Gasteiger partial charge in [0.2, 0.25) is 21.8 Å². The highest BCUT2D eigenvalue weighted by atomic mass is 32.2. The van der Waals surface area contributed by atoms with Gasteiger partial charge in [0.15, 0.2) is 0 Å². The number of sulfonamides is 1. The van der Waals surface area contributed by atoms with Gasteiger partial charge in [-0.15, -0.1) is 0 Å². The molecule has 3 aromatic carbocycles. The summed E-state index contributed by atoms with van der Waals surface area (Å²) in [5.74, 6) is -0.192. The maximum atomic E-state index is 13.8. The summed E-state index contributed by atoms with van der Waals surface area (Å²) in [5.41, 5.74) is 1.68. The maximum Gasteiger partial charge on any atom is 0.244 e. The van der Waals surface area contributed by atoms with Crippen molar-refractivity contribution in [3.05, 3.63) is 96.1 Å². The second kappa shape index (κ2) is 13.5. The average Bonchev–Trinajstić information content (AvgIpc) is 2.90. The van der Waals surface area contributed by atoms with Gasteiger partial charge in [0, 0.05) is 12.1 Å². The van der Waals surface area contributed by atoms with Gasteiger partial charge in [-0.2, -0.15) is 0 Å². The normalized spacial score (nSPS) is 12.3. The first-order valence-electron chi connectivity index (χ1n) is 13.3. The molecular weight excluding hydrogens is 526 g/mol. The van der Waals surface area contributed by atoms with Crippen LogP contribution < -0.4 is 14.4 Å². The molecule has 3 rings (SSSR count). The van der Waals surface area contributed by atoms with Crippen LogP contribution in [-0.2, 0) is 32.8 Å². The molecule has 0 radical (unpaired) electrons. The largest absolute Gasteiger partial charge is 0.489 e. The van der Waals surface area contributed by atoms with Crippen LogP contribution in [0.5, 0.6) is 5.75 Å². The molecule has 1 atom stereocenters. The second-order valence-electron chi connectivity index (χ2n) is 10.7. The van der Waals surface area contributed by atoms with Gasteiger partial charge in [-0.1, -0.05) is 67.6 Å². The van der Waals surface area contributed by atoms with Gasteiger partial charge in [-0.25, -0.2) is 8.42 Å². The summed E-state index contributed by atoms with van der Waals surface area (Å²) < 4.78 is 32.6.